The second-order valence-corrected chi connectivity index (χ2v) is 5.83. The average molecular weight is 271 g/mol. The van der Waals surface area contributed by atoms with E-state index in [2.05, 4.69) is 40.8 Å². The van der Waals surface area contributed by atoms with Crippen LogP contribution in [0.25, 0.3) is 0 Å². The van der Waals surface area contributed by atoms with Crippen LogP contribution in [0.3, 0.4) is 0 Å². The van der Waals surface area contributed by atoms with Crippen molar-refractivity contribution in [3.05, 3.63) is 48.0 Å². The van der Waals surface area contributed by atoms with Crippen LogP contribution in [0.1, 0.15) is 31.3 Å². The molecule has 1 aromatic heterocycles. The Labute approximate surface area is 119 Å². The van der Waals surface area contributed by atoms with Crippen LogP contribution in [0.15, 0.2) is 36.7 Å². The standard InChI is InChI=1S/C16H21N3O/c1-16(2)15(12-6-4-5-7-13(12)20-16)18-9-8-14-17-10-11-19(14)3/h4-7,10-11,15,18H,8-9H2,1-3H3. The van der Waals surface area contributed by atoms with Gasteiger partial charge in [0, 0.05) is 38.0 Å². The van der Waals surface area contributed by atoms with Crippen molar-refractivity contribution in [3.8, 4) is 5.75 Å². The van der Waals surface area contributed by atoms with E-state index in [-0.39, 0.29) is 11.6 Å². The highest BCUT2D eigenvalue weighted by Gasteiger charge is 2.40. The number of para-hydroxylation sites is 1. The first-order valence-electron chi connectivity index (χ1n) is 7.05. The third kappa shape index (κ3) is 2.31. The van der Waals surface area contributed by atoms with Crippen molar-refractivity contribution in [2.75, 3.05) is 6.54 Å². The molecular formula is C16H21N3O. The van der Waals surface area contributed by atoms with Crippen molar-refractivity contribution < 1.29 is 4.74 Å². The van der Waals surface area contributed by atoms with Crippen LogP contribution in [0.5, 0.6) is 5.75 Å². The topological polar surface area (TPSA) is 39.1 Å². The second kappa shape index (κ2) is 4.94. The minimum atomic E-state index is -0.217. The average Bonchev–Trinajstić information content (AvgIpc) is 2.91. The number of hydrogen-bond donors (Lipinski definition) is 1. The summed E-state index contributed by atoms with van der Waals surface area (Å²) in [5.41, 5.74) is 1.03. The Morgan fingerprint density at radius 1 is 1.35 bits per heavy atom. The molecule has 2 aromatic rings. The van der Waals surface area contributed by atoms with Gasteiger partial charge in [0.2, 0.25) is 0 Å². The van der Waals surface area contributed by atoms with Gasteiger partial charge in [-0.3, -0.25) is 0 Å². The summed E-state index contributed by atoms with van der Waals surface area (Å²) < 4.78 is 8.10. The second-order valence-electron chi connectivity index (χ2n) is 5.83. The van der Waals surface area contributed by atoms with E-state index in [1.165, 1.54) is 5.56 Å². The van der Waals surface area contributed by atoms with Gasteiger partial charge in [-0.05, 0) is 19.9 Å². The molecule has 0 bridgehead atoms. The van der Waals surface area contributed by atoms with Gasteiger partial charge in [-0.25, -0.2) is 4.98 Å². The molecule has 106 valence electrons. The van der Waals surface area contributed by atoms with E-state index in [0.29, 0.717) is 0 Å². The fourth-order valence-corrected chi connectivity index (χ4v) is 2.85. The van der Waals surface area contributed by atoms with Crippen LogP contribution < -0.4 is 10.1 Å². The molecule has 1 N–H and O–H groups in total. The number of nitrogens with one attached hydrogen (secondary N) is 1. The van der Waals surface area contributed by atoms with Gasteiger partial charge in [0.25, 0.3) is 0 Å². The summed E-state index contributed by atoms with van der Waals surface area (Å²) in [5, 5.41) is 3.62. The third-order valence-electron chi connectivity index (χ3n) is 3.92. The van der Waals surface area contributed by atoms with Crippen LogP contribution >= 0.6 is 0 Å². The smallest absolute Gasteiger partial charge is 0.125 e. The zero-order chi connectivity index (χ0) is 14.2. The largest absolute Gasteiger partial charge is 0.486 e. The Morgan fingerprint density at radius 3 is 2.90 bits per heavy atom. The van der Waals surface area contributed by atoms with E-state index < -0.39 is 0 Å². The zero-order valence-corrected chi connectivity index (χ0v) is 12.3. The highest BCUT2D eigenvalue weighted by atomic mass is 16.5. The van der Waals surface area contributed by atoms with Crippen LogP contribution in [0, 0.1) is 0 Å². The molecule has 1 aliphatic heterocycles. The fraction of sp³-hybridized carbons (Fsp3) is 0.438. The molecule has 0 saturated heterocycles. The predicted octanol–water partition coefficient (Wildman–Crippen LogP) is 2.46. The summed E-state index contributed by atoms with van der Waals surface area (Å²) >= 11 is 0. The summed E-state index contributed by atoms with van der Waals surface area (Å²) in [6.07, 6.45) is 4.73. The third-order valence-corrected chi connectivity index (χ3v) is 3.92. The molecular weight excluding hydrogens is 250 g/mol. The number of aryl methyl sites for hydroxylation is 1. The Bertz CT molecular complexity index is 603. The number of imidazole rings is 1. The summed E-state index contributed by atoms with van der Waals surface area (Å²) in [7, 11) is 2.03. The number of nitrogens with zero attached hydrogens (tertiary/aromatic N) is 2. The number of benzene rings is 1. The Kier molecular flexibility index (Phi) is 3.26. The van der Waals surface area contributed by atoms with Crippen molar-refractivity contribution >= 4 is 0 Å². The lowest BCUT2D eigenvalue weighted by atomic mass is 9.94. The molecule has 1 aromatic carbocycles. The number of fused-ring (bicyclic) bond motifs is 1. The van der Waals surface area contributed by atoms with E-state index in [9.17, 15) is 0 Å². The Balaban J connectivity index is 1.69. The summed E-state index contributed by atoms with van der Waals surface area (Å²) in [6, 6.07) is 8.49. The number of rotatable bonds is 4. The predicted molar refractivity (Wildman–Crippen MR) is 78.8 cm³/mol. The van der Waals surface area contributed by atoms with E-state index in [1.807, 2.05) is 31.6 Å². The van der Waals surface area contributed by atoms with Gasteiger partial charge in [0.05, 0.1) is 6.04 Å². The Hall–Kier alpha value is -1.81. The van der Waals surface area contributed by atoms with E-state index in [4.69, 9.17) is 4.74 Å². The molecule has 2 heterocycles. The van der Waals surface area contributed by atoms with E-state index in [0.717, 1.165) is 24.5 Å². The van der Waals surface area contributed by atoms with E-state index >= 15 is 0 Å². The molecule has 3 rings (SSSR count). The van der Waals surface area contributed by atoms with Crippen molar-refractivity contribution in [1.29, 1.82) is 0 Å². The summed E-state index contributed by atoms with van der Waals surface area (Å²) in [5.74, 6) is 2.09. The van der Waals surface area contributed by atoms with Crippen molar-refractivity contribution in [2.24, 2.45) is 7.05 Å². The fourth-order valence-electron chi connectivity index (χ4n) is 2.85. The minimum Gasteiger partial charge on any atom is -0.486 e. The lowest BCUT2D eigenvalue weighted by Gasteiger charge is -2.27. The first-order chi connectivity index (χ1) is 9.58. The summed E-state index contributed by atoms with van der Waals surface area (Å²) in [4.78, 5) is 4.35. The van der Waals surface area contributed by atoms with Gasteiger partial charge >= 0.3 is 0 Å². The highest BCUT2D eigenvalue weighted by Crippen LogP contribution is 2.42. The van der Waals surface area contributed by atoms with Gasteiger partial charge in [-0.15, -0.1) is 0 Å². The van der Waals surface area contributed by atoms with Crippen molar-refractivity contribution in [3.63, 3.8) is 0 Å². The number of hydrogen-bond acceptors (Lipinski definition) is 3. The number of ether oxygens (including phenoxy) is 1. The van der Waals surface area contributed by atoms with Crippen molar-refractivity contribution in [2.45, 2.75) is 31.9 Å². The monoisotopic (exact) mass is 271 g/mol. The van der Waals surface area contributed by atoms with Gasteiger partial charge in [-0.1, -0.05) is 18.2 Å². The molecule has 1 unspecified atom stereocenters. The first-order valence-corrected chi connectivity index (χ1v) is 7.05. The number of aromatic nitrogens is 2. The quantitative estimate of drug-likeness (QED) is 0.928. The van der Waals surface area contributed by atoms with Gasteiger partial charge < -0.3 is 14.6 Å². The molecule has 4 nitrogen and oxygen atoms in total. The van der Waals surface area contributed by atoms with Crippen LogP contribution in [0.2, 0.25) is 0 Å². The summed E-state index contributed by atoms with van der Waals surface area (Å²) in [6.45, 7) is 5.15. The van der Waals surface area contributed by atoms with Crippen LogP contribution in [0.4, 0.5) is 0 Å². The van der Waals surface area contributed by atoms with Gasteiger partial charge in [0.15, 0.2) is 0 Å². The lowest BCUT2D eigenvalue weighted by Crippen LogP contribution is -2.40. The van der Waals surface area contributed by atoms with Crippen LogP contribution in [-0.2, 0) is 13.5 Å². The maximum absolute atomic E-state index is 6.04. The van der Waals surface area contributed by atoms with Gasteiger partial charge in [0.1, 0.15) is 17.2 Å². The van der Waals surface area contributed by atoms with Gasteiger partial charge in [-0.2, -0.15) is 0 Å². The maximum Gasteiger partial charge on any atom is 0.125 e. The minimum absolute atomic E-state index is 0.217. The molecule has 0 spiro atoms. The normalized spacial score (nSPS) is 19.6. The zero-order valence-electron chi connectivity index (χ0n) is 12.3. The molecule has 0 amide bonds. The van der Waals surface area contributed by atoms with Crippen LogP contribution in [-0.4, -0.2) is 21.7 Å². The molecule has 4 heteroatoms. The Morgan fingerprint density at radius 2 is 2.15 bits per heavy atom. The molecule has 20 heavy (non-hydrogen) atoms. The molecule has 0 aliphatic carbocycles. The molecule has 1 aliphatic rings. The highest BCUT2D eigenvalue weighted by molar-refractivity contribution is 5.42. The first kappa shape index (κ1) is 13.2. The lowest BCUT2D eigenvalue weighted by molar-refractivity contribution is 0.0967. The SMILES string of the molecule is Cn1ccnc1CCNC1c2ccccc2OC1(C)C. The molecule has 1 atom stereocenters. The van der Waals surface area contributed by atoms with Crippen molar-refractivity contribution in [1.82, 2.24) is 14.9 Å². The molecule has 0 fully saturated rings. The molecule has 0 radical (unpaired) electrons. The van der Waals surface area contributed by atoms with E-state index in [1.54, 1.807) is 0 Å². The molecule has 0 saturated carbocycles. The maximum atomic E-state index is 6.04.